The zero-order valence-corrected chi connectivity index (χ0v) is 14.0. The Kier molecular flexibility index (Phi) is 4.14. The second kappa shape index (κ2) is 5.92. The van der Waals surface area contributed by atoms with Crippen molar-refractivity contribution in [3.8, 4) is 0 Å². The molecule has 0 fully saturated rings. The van der Waals surface area contributed by atoms with E-state index in [9.17, 15) is 4.57 Å². The zero-order chi connectivity index (χ0) is 15.7. The lowest BCUT2D eigenvalue weighted by Crippen LogP contribution is -2.18. The Balaban J connectivity index is 2.18. The normalized spacial score (nSPS) is 20.0. The van der Waals surface area contributed by atoms with Gasteiger partial charge in [-0.1, -0.05) is 47.5 Å². The number of benzene rings is 2. The third-order valence-electron chi connectivity index (χ3n) is 3.40. The first kappa shape index (κ1) is 15.4. The molecule has 2 aromatic rings. The fourth-order valence-corrected chi connectivity index (χ4v) is 4.79. The molecule has 114 valence electrons. The van der Waals surface area contributed by atoms with Crippen molar-refractivity contribution in [2.75, 3.05) is 6.61 Å². The van der Waals surface area contributed by atoms with Gasteiger partial charge in [0.2, 0.25) is 0 Å². The van der Waals surface area contributed by atoms with Crippen LogP contribution in [0.4, 0.5) is 0 Å². The summed E-state index contributed by atoms with van der Waals surface area (Å²) in [7, 11) is -3.48. The van der Waals surface area contributed by atoms with Gasteiger partial charge in [-0.15, -0.1) is 0 Å². The van der Waals surface area contributed by atoms with Crippen LogP contribution in [-0.2, 0) is 13.6 Å². The highest BCUT2D eigenvalue weighted by Gasteiger charge is 2.37. The van der Waals surface area contributed by atoms with Gasteiger partial charge in [-0.25, -0.2) is 4.57 Å². The van der Waals surface area contributed by atoms with Crippen LogP contribution < -0.4 is 5.30 Å². The van der Waals surface area contributed by atoms with Gasteiger partial charge in [0.05, 0.1) is 11.6 Å². The third kappa shape index (κ3) is 2.72. The average Bonchev–Trinajstić information content (AvgIpc) is 2.47. The topological polar surface area (TPSA) is 35.5 Å². The molecule has 0 aliphatic carbocycles. The summed E-state index contributed by atoms with van der Waals surface area (Å²) in [4.78, 5) is 0. The zero-order valence-electron chi connectivity index (χ0n) is 12.4. The van der Waals surface area contributed by atoms with Gasteiger partial charge in [-0.2, -0.15) is 0 Å². The molecular weight excluding hydrogens is 319 g/mol. The molecule has 3 nitrogen and oxygen atoms in total. The highest BCUT2D eigenvalue weighted by Crippen LogP contribution is 2.55. The SMILES string of the molecule is CCOP1(=O)OC(c2cccc(C)c2)=Cc2cccc(Cl)c21. The molecule has 1 aliphatic rings. The molecule has 0 aromatic heterocycles. The highest BCUT2D eigenvalue weighted by molar-refractivity contribution is 7.63. The van der Waals surface area contributed by atoms with Crippen LogP contribution in [0.25, 0.3) is 11.8 Å². The summed E-state index contributed by atoms with van der Waals surface area (Å²) in [5, 5.41) is 0.837. The van der Waals surface area contributed by atoms with Crippen LogP contribution in [0.2, 0.25) is 5.02 Å². The van der Waals surface area contributed by atoms with Crippen molar-refractivity contribution in [2.45, 2.75) is 13.8 Å². The van der Waals surface area contributed by atoms with Crippen LogP contribution in [0.3, 0.4) is 0 Å². The summed E-state index contributed by atoms with van der Waals surface area (Å²) >= 11 is 6.22. The number of fused-ring (bicyclic) bond motifs is 1. The van der Waals surface area contributed by atoms with Crippen molar-refractivity contribution < 1.29 is 13.6 Å². The van der Waals surface area contributed by atoms with Gasteiger partial charge >= 0.3 is 7.60 Å². The highest BCUT2D eigenvalue weighted by atomic mass is 35.5. The third-order valence-corrected chi connectivity index (χ3v) is 5.93. The largest absolute Gasteiger partial charge is 0.420 e. The molecule has 0 radical (unpaired) electrons. The standard InChI is InChI=1S/C17H16ClO3P/c1-3-20-22(19)17-14(8-5-9-15(17)18)11-16(21-22)13-7-4-6-12(2)10-13/h4-11H,3H2,1-2H3. The number of hydrogen-bond donors (Lipinski definition) is 0. The lowest BCUT2D eigenvalue weighted by molar-refractivity contribution is 0.279. The Morgan fingerprint density at radius 1 is 1.23 bits per heavy atom. The van der Waals surface area contributed by atoms with Gasteiger partial charge in [-0.3, -0.25) is 4.52 Å². The predicted octanol–water partition coefficient (Wildman–Crippen LogP) is 5.03. The first-order valence-electron chi connectivity index (χ1n) is 7.05. The Labute approximate surface area is 135 Å². The van der Waals surface area contributed by atoms with Crippen molar-refractivity contribution in [3.63, 3.8) is 0 Å². The van der Waals surface area contributed by atoms with Crippen molar-refractivity contribution in [2.24, 2.45) is 0 Å². The minimum Gasteiger partial charge on any atom is -0.420 e. The summed E-state index contributed by atoms with van der Waals surface area (Å²) < 4.78 is 24.4. The van der Waals surface area contributed by atoms with Gasteiger partial charge < -0.3 is 4.52 Å². The maximum absolute atomic E-state index is 13.2. The van der Waals surface area contributed by atoms with Gasteiger partial charge in [0.25, 0.3) is 0 Å². The van der Waals surface area contributed by atoms with E-state index in [1.54, 1.807) is 13.0 Å². The van der Waals surface area contributed by atoms with Crippen LogP contribution in [0.15, 0.2) is 42.5 Å². The minimum absolute atomic E-state index is 0.281. The molecule has 1 aliphatic heterocycles. The van der Waals surface area contributed by atoms with E-state index in [1.165, 1.54) is 0 Å². The molecular formula is C17H16ClO3P. The summed E-state index contributed by atoms with van der Waals surface area (Å²) in [5.41, 5.74) is 2.74. The maximum atomic E-state index is 13.2. The van der Waals surface area contributed by atoms with E-state index in [1.807, 2.05) is 49.4 Å². The molecule has 0 N–H and O–H groups in total. The molecule has 1 atom stereocenters. The van der Waals surface area contributed by atoms with E-state index < -0.39 is 7.60 Å². The van der Waals surface area contributed by atoms with Crippen molar-refractivity contribution in [1.82, 2.24) is 0 Å². The maximum Gasteiger partial charge on any atom is 0.412 e. The van der Waals surface area contributed by atoms with Crippen LogP contribution in [-0.4, -0.2) is 6.61 Å². The van der Waals surface area contributed by atoms with Gasteiger partial charge in [0.15, 0.2) is 0 Å². The van der Waals surface area contributed by atoms with Gasteiger partial charge in [-0.05, 0) is 37.6 Å². The van der Waals surface area contributed by atoms with E-state index in [0.29, 0.717) is 16.1 Å². The molecule has 3 rings (SSSR count). The molecule has 0 spiro atoms. The van der Waals surface area contributed by atoms with E-state index >= 15 is 0 Å². The second-order valence-electron chi connectivity index (χ2n) is 5.06. The van der Waals surface area contributed by atoms with Crippen LogP contribution in [0, 0.1) is 6.92 Å². The monoisotopic (exact) mass is 334 g/mol. The lowest BCUT2D eigenvalue weighted by Gasteiger charge is -2.27. The molecule has 0 bridgehead atoms. The van der Waals surface area contributed by atoms with E-state index in [4.69, 9.17) is 20.6 Å². The molecule has 0 saturated heterocycles. The quantitative estimate of drug-likeness (QED) is 0.738. The van der Waals surface area contributed by atoms with Crippen molar-refractivity contribution in [3.05, 3.63) is 64.2 Å². The van der Waals surface area contributed by atoms with Crippen LogP contribution >= 0.6 is 19.2 Å². The fourth-order valence-electron chi connectivity index (χ4n) is 2.48. The van der Waals surface area contributed by atoms with Gasteiger partial charge in [0.1, 0.15) is 11.1 Å². The lowest BCUT2D eigenvalue weighted by atomic mass is 10.1. The Morgan fingerprint density at radius 2 is 2.00 bits per heavy atom. The van der Waals surface area contributed by atoms with Crippen LogP contribution in [0.5, 0.6) is 0 Å². The Morgan fingerprint density at radius 3 is 2.73 bits per heavy atom. The molecule has 1 unspecified atom stereocenters. The fraction of sp³-hybridized carbons (Fsp3) is 0.176. The molecule has 0 saturated carbocycles. The Hall–Kier alpha value is -1.54. The molecule has 2 aromatic carbocycles. The first-order valence-corrected chi connectivity index (χ1v) is 8.97. The van der Waals surface area contributed by atoms with Crippen molar-refractivity contribution >= 4 is 36.3 Å². The summed E-state index contributed by atoms with van der Waals surface area (Å²) in [5.74, 6) is 0.537. The van der Waals surface area contributed by atoms with E-state index in [-0.39, 0.29) is 6.61 Å². The average molecular weight is 335 g/mol. The molecule has 5 heteroatoms. The Bertz CT molecular complexity index is 798. The van der Waals surface area contributed by atoms with Crippen LogP contribution in [0.1, 0.15) is 23.6 Å². The van der Waals surface area contributed by atoms with Crippen molar-refractivity contribution in [1.29, 1.82) is 0 Å². The number of halogens is 1. The predicted molar refractivity (Wildman–Crippen MR) is 90.5 cm³/mol. The first-order chi connectivity index (χ1) is 10.5. The molecule has 1 heterocycles. The molecule has 0 amide bonds. The second-order valence-corrected chi connectivity index (χ2v) is 7.35. The van der Waals surface area contributed by atoms with E-state index in [0.717, 1.165) is 16.7 Å². The molecule has 22 heavy (non-hydrogen) atoms. The summed E-state index contributed by atoms with van der Waals surface area (Å²) in [6.45, 7) is 4.06. The summed E-state index contributed by atoms with van der Waals surface area (Å²) in [6.07, 6.45) is 1.85. The minimum atomic E-state index is -3.48. The summed E-state index contributed by atoms with van der Waals surface area (Å²) in [6, 6.07) is 13.2. The number of rotatable bonds is 3. The van der Waals surface area contributed by atoms with E-state index in [2.05, 4.69) is 0 Å². The number of aryl methyl sites for hydroxylation is 1. The van der Waals surface area contributed by atoms with Gasteiger partial charge in [0, 0.05) is 5.56 Å². The smallest absolute Gasteiger partial charge is 0.412 e. The number of hydrogen-bond acceptors (Lipinski definition) is 3.